The molecule has 1 aromatic heterocycles. The summed E-state index contributed by atoms with van der Waals surface area (Å²) in [5, 5.41) is 3.28. The number of piperidine rings is 1. The van der Waals surface area contributed by atoms with E-state index in [2.05, 4.69) is 15.3 Å². The Morgan fingerprint density at radius 3 is 3.00 bits per heavy atom. The molecule has 0 spiro atoms. The van der Waals surface area contributed by atoms with Gasteiger partial charge in [0, 0.05) is 50.6 Å². The van der Waals surface area contributed by atoms with Crippen LogP contribution in [0.5, 0.6) is 0 Å². The van der Waals surface area contributed by atoms with E-state index in [9.17, 15) is 4.79 Å². The minimum absolute atomic E-state index is 0.291. The number of likely N-dealkylation sites (tertiary alicyclic amines) is 2. The van der Waals surface area contributed by atoms with Crippen molar-refractivity contribution in [2.75, 3.05) is 26.8 Å². The molecule has 2 saturated heterocycles. The number of amides is 1. The molecule has 1 amide bonds. The van der Waals surface area contributed by atoms with Gasteiger partial charge in [-0.3, -0.25) is 9.69 Å². The maximum atomic E-state index is 12.2. The zero-order valence-electron chi connectivity index (χ0n) is 12.7. The highest BCUT2D eigenvalue weighted by Crippen LogP contribution is 2.32. The summed E-state index contributed by atoms with van der Waals surface area (Å²) in [7, 11) is 1.69. The van der Waals surface area contributed by atoms with Gasteiger partial charge in [-0.1, -0.05) is 0 Å². The highest BCUT2D eigenvalue weighted by atomic mass is 32.1. The van der Waals surface area contributed by atoms with Crippen molar-refractivity contribution in [2.24, 2.45) is 0 Å². The second kappa shape index (κ2) is 6.42. The molecule has 2 atom stereocenters. The fourth-order valence-electron chi connectivity index (χ4n) is 3.60. The van der Waals surface area contributed by atoms with Crippen molar-refractivity contribution in [3.05, 3.63) is 16.1 Å². The Labute approximate surface area is 129 Å². The maximum absolute atomic E-state index is 12.2. The summed E-state index contributed by atoms with van der Waals surface area (Å²) in [6.45, 7) is 5.37. The molecule has 3 heterocycles. The first kappa shape index (κ1) is 14.9. The quantitative estimate of drug-likeness (QED) is 0.830. The van der Waals surface area contributed by atoms with Crippen molar-refractivity contribution >= 4 is 17.2 Å². The fraction of sp³-hybridized carbons (Fsp3) is 0.733. The Morgan fingerprint density at radius 1 is 1.43 bits per heavy atom. The number of nitrogens with zero attached hydrogens (tertiary/aromatic N) is 3. The Bertz CT molecular complexity index is 505. The second-order valence-electron chi connectivity index (χ2n) is 5.87. The van der Waals surface area contributed by atoms with Crippen LogP contribution in [-0.2, 0) is 16.1 Å². The number of aryl methyl sites for hydroxylation is 1. The molecule has 2 aliphatic heterocycles. The SMILES string of the molecule is COCCN1C(=O)CC[C@@H]2[C@@H]1CCN2Cc1csc(C)n1. The van der Waals surface area contributed by atoms with E-state index < -0.39 is 0 Å². The molecule has 0 aromatic carbocycles. The largest absolute Gasteiger partial charge is 0.383 e. The number of hydrogen-bond acceptors (Lipinski definition) is 5. The van der Waals surface area contributed by atoms with Gasteiger partial charge in [0.05, 0.1) is 17.3 Å². The predicted molar refractivity (Wildman–Crippen MR) is 82.3 cm³/mol. The third-order valence-electron chi connectivity index (χ3n) is 4.57. The van der Waals surface area contributed by atoms with Crippen molar-refractivity contribution in [2.45, 2.75) is 44.8 Å². The monoisotopic (exact) mass is 309 g/mol. The van der Waals surface area contributed by atoms with E-state index in [1.165, 1.54) is 5.69 Å². The molecule has 2 aliphatic rings. The summed E-state index contributed by atoms with van der Waals surface area (Å²) in [4.78, 5) is 21.3. The highest BCUT2D eigenvalue weighted by molar-refractivity contribution is 7.09. The molecule has 1 aromatic rings. The molecule has 2 fully saturated rings. The summed E-state index contributed by atoms with van der Waals surface area (Å²) >= 11 is 1.71. The molecule has 0 bridgehead atoms. The highest BCUT2D eigenvalue weighted by Gasteiger charge is 2.42. The van der Waals surface area contributed by atoms with E-state index in [-0.39, 0.29) is 0 Å². The first-order chi connectivity index (χ1) is 10.2. The minimum Gasteiger partial charge on any atom is -0.383 e. The Morgan fingerprint density at radius 2 is 2.29 bits per heavy atom. The van der Waals surface area contributed by atoms with E-state index in [0.717, 1.165) is 37.5 Å². The van der Waals surface area contributed by atoms with Gasteiger partial charge in [-0.15, -0.1) is 11.3 Å². The van der Waals surface area contributed by atoms with Gasteiger partial charge in [-0.2, -0.15) is 0 Å². The molecular formula is C15H23N3O2S. The van der Waals surface area contributed by atoms with Gasteiger partial charge in [0.15, 0.2) is 0 Å². The molecule has 0 aliphatic carbocycles. The lowest BCUT2D eigenvalue weighted by atomic mass is 9.96. The van der Waals surface area contributed by atoms with E-state index in [4.69, 9.17) is 4.74 Å². The van der Waals surface area contributed by atoms with Gasteiger partial charge in [0.1, 0.15) is 0 Å². The lowest BCUT2D eigenvalue weighted by molar-refractivity contribution is -0.138. The second-order valence-corrected chi connectivity index (χ2v) is 6.93. The van der Waals surface area contributed by atoms with Gasteiger partial charge in [0.2, 0.25) is 5.91 Å². The molecule has 116 valence electrons. The number of methoxy groups -OCH3 is 1. The van der Waals surface area contributed by atoms with Crippen LogP contribution in [0.4, 0.5) is 0 Å². The summed E-state index contributed by atoms with van der Waals surface area (Å²) in [6, 6.07) is 0.850. The standard InChI is InChI=1S/C15H23N3O2S/c1-11-16-12(10-21-11)9-17-6-5-14-13(17)3-4-15(19)18(14)7-8-20-2/h10,13-14H,3-9H2,1-2H3/t13-,14+/m1/s1. The molecule has 3 rings (SSSR count). The molecular weight excluding hydrogens is 286 g/mol. The number of thiazole rings is 1. The average Bonchev–Trinajstić information content (AvgIpc) is 3.05. The predicted octanol–water partition coefficient (Wildman–Crippen LogP) is 1.66. The van der Waals surface area contributed by atoms with Crippen LogP contribution in [0.2, 0.25) is 0 Å². The van der Waals surface area contributed by atoms with Crippen LogP contribution < -0.4 is 0 Å². The number of hydrogen-bond donors (Lipinski definition) is 0. The number of ether oxygens (including phenoxy) is 1. The summed E-state index contributed by atoms with van der Waals surface area (Å²) in [6.07, 6.45) is 2.72. The van der Waals surface area contributed by atoms with Gasteiger partial charge in [-0.05, 0) is 19.8 Å². The number of fused-ring (bicyclic) bond motifs is 1. The van der Waals surface area contributed by atoms with Crippen LogP contribution in [0.15, 0.2) is 5.38 Å². The van der Waals surface area contributed by atoms with Gasteiger partial charge < -0.3 is 9.64 Å². The molecule has 5 nitrogen and oxygen atoms in total. The zero-order chi connectivity index (χ0) is 14.8. The van der Waals surface area contributed by atoms with Gasteiger partial charge in [-0.25, -0.2) is 4.98 Å². The molecule has 0 N–H and O–H groups in total. The Balaban J connectivity index is 1.67. The normalized spacial score (nSPS) is 26.4. The summed E-state index contributed by atoms with van der Waals surface area (Å²) < 4.78 is 5.15. The number of rotatable bonds is 5. The smallest absolute Gasteiger partial charge is 0.223 e. The van der Waals surface area contributed by atoms with Gasteiger partial charge >= 0.3 is 0 Å². The average molecular weight is 309 g/mol. The van der Waals surface area contributed by atoms with E-state index in [1.54, 1.807) is 18.4 Å². The first-order valence-corrected chi connectivity index (χ1v) is 8.50. The van der Waals surface area contributed by atoms with E-state index in [1.807, 2.05) is 11.8 Å². The lowest BCUT2D eigenvalue weighted by Gasteiger charge is -2.39. The van der Waals surface area contributed by atoms with Crippen LogP contribution in [0.1, 0.15) is 30.0 Å². The van der Waals surface area contributed by atoms with Crippen molar-refractivity contribution < 1.29 is 9.53 Å². The summed E-state index contributed by atoms with van der Waals surface area (Å²) in [5.41, 5.74) is 1.17. The molecule has 21 heavy (non-hydrogen) atoms. The zero-order valence-corrected chi connectivity index (χ0v) is 13.6. The van der Waals surface area contributed by atoms with E-state index in [0.29, 0.717) is 31.0 Å². The van der Waals surface area contributed by atoms with Crippen molar-refractivity contribution in [1.29, 1.82) is 0 Å². The van der Waals surface area contributed by atoms with Gasteiger partial charge in [0.25, 0.3) is 0 Å². The summed E-state index contributed by atoms with van der Waals surface area (Å²) in [5.74, 6) is 0.291. The molecule has 0 radical (unpaired) electrons. The van der Waals surface area contributed by atoms with Crippen molar-refractivity contribution in [3.63, 3.8) is 0 Å². The Kier molecular flexibility index (Phi) is 4.57. The maximum Gasteiger partial charge on any atom is 0.223 e. The van der Waals surface area contributed by atoms with Crippen LogP contribution >= 0.6 is 11.3 Å². The fourth-order valence-corrected chi connectivity index (χ4v) is 4.21. The lowest BCUT2D eigenvalue weighted by Crippen LogP contribution is -2.52. The molecule has 6 heteroatoms. The first-order valence-electron chi connectivity index (χ1n) is 7.62. The van der Waals surface area contributed by atoms with E-state index >= 15 is 0 Å². The molecule has 0 unspecified atom stereocenters. The molecule has 0 saturated carbocycles. The number of carbonyl (C=O) groups is 1. The van der Waals surface area contributed by atoms with Crippen LogP contribution in [0.25, 0.3) is 0 Å². The number of aromatic nitrogens is 1. The van der Waals surface area contributed by atoms with Crippen LogP contribution in [0.3, 0.4) is 0 Å². The third-order valence-corrected chi connectivity index (χ3v) is 5.39. The van der Waals surface area contributed by atoms with Crippen molar-refractivity contribution in [3.8, 4) is 0 Å². The van der Waals surface area contributed by atoms with Crippen molar-refractivity contribution in [1.82, 2.24) is 14.8 Å². The van der Waals surface area contributed by atoms with Crippen LogP contribution in [-0.4, -0.2) is 59.6 Å². The minimum atomic E-state index is 0.291. The third kappa shape index (κ3) is 3.12. The Hall–Kier alpha value is -0.980. The topological polar surface area (TPSA) is 45.7 Å². The number of carbonyl (C=O) groups excluding carboxylic acids is 1. The van der Waals surface area contributed by atoms with Crippen LogP contribution in [0, 0.1) is 6.92 Å².